The van der Waals surface area contributed by atoms with E-state index in [4.69, 9.17) is 10.5 Å². The van der Waals surface area contributed by atoms with Gasteiger partial charge in [0.1, 0.15) is 11.3 Å². The van der Waals surface area contributed by atoms with Gasteiger partial charge in [0.25, 0.3) is 5.91 Å². The van der Waals surface area contributed by atoms with Crippen LogP contribution in [-0.4, -0.2) is 47.9 Å². The predicted molar refractivity (Wildman–Crippen MR) is 124 cm³/mol. The number of aliphatic imine (C=N–C) groups is 1. The van der Waals surface area contributed by atoms with Crippen LogP contribution in [0.25, 0.3) is 0 Å². The van der Waals surface area contributed by atoms with Gasteiger partial charge in [-0.2, -0.15) is 0 Å². The second kappa shape index (κ2) is 11.3. The average Bonchev–Trinajstić information content (AvgIpc) is 3.20. The summed E-state index contributed by atoms with van der Waals surface area (Å²) in [5.74, 6) is -0.324. The highest BCUT2D eigenvalue weighted by Crippen LogP contribution is 2.13. The van der Waals surface area contributed by atoms with E-state index in [9.17, 15) is 9.59 Å². The van der Waals surface area contributed by atoms with Gasteiger partial charge in [0, 0.05) is 19.0 Å². The summed E-state index contributed by atoms with van der Waals surface area (Å²) in [6.07, 6.45) is 3.01. The molecule has 0 aliphatic heterocycles. The van der Waals surface area contributed by atoms with E-state index in [1.165, 1.54) is 17.5 Å². The Bertz CT molecular complexity index is 932. The number of allylic oxidation sites excluding steroid dienone is 1. The van der Waals surface area contributed by atoms with Crippen LogP contribution in [0.3, 0.4) is 0 Å². The molecule has 2 aromatic rings. The summed E-state index contributed by atoms with van der Waals surface area (Å²) in [6, 6.07) is 9.38. The van der Waals surface area contributed by atoms with E-state index in [1.54, 1.807) is 39.3 Å². The van der Waals surface area contributed by atoms with Gasteiger partial charge in [0.15, 0.2) is 5.01 Å². The molecule has 1 aromatic heterocycles. The van der Waals surface area contributed by atoms with Crippen molar-refractivity contribution < 1.29 is 14.3 Å². The third kappa shape index (κ3) is 8.21. The van der Waals surface area contributed by atoms with Crippen molar-refractivity contribution in [3.63, 3.8) is 0 Å². The molecule has 0 saturated heterocycles. The second-order valence-corrected chi connectivity index (χ2v) is 8.61. The summed E-state index contributed by atoms with van der Waals surface area (Å²) >= 11 is 1.22. The van der Waals surface area contributed by atoms with Crippen molar-refractivity contribution in [1.29, 1.82) is 0 Å². The van der Waals surface area contributed by atoms with E-state index in [0.717, 1.165) is 5.56 Å². The maximum atomic E-state index is 12.8. The number of thiazole rings is 1. The number of hydrogen-bond acceptors (Lipinski definition) is 7. The lowest BCUT2D eigenvalue weighted by atomic mass is 10.1. The van der Waals surface area contributed by atoms with Gasteiger partial charge in [-0.3, -0.25) is 9.79 Å². The third-order valence-corrected chi connectivity index (χ3v) is 4.85. The smallest absolute Gasteiger partial charge is 0.407 e. The minimum Gasteiger partial charge on any atom is -0.444 e. The largest absolute Gasteiger partial charge is 0.444 e. The van der Waals surface area contributed by atoms with Crippen molar-refractivity contribution >= 4 is 29.0 Å². The first kappa shape index (κ1) is 24.1. The minimum absolute atomic E-state index is 0.214. The van der Waals surface area contributed by atoms with Crippen molar-refractivity contribution in [1.82, 2.24) is 15.6 Å². The lowest BCUT2D eigenvalue weighted by molar-refractivity contribution is 0.0519. The lowest BCUT2D eigenvalue weighted by Crippen LogP contribution is -2.46. The molecular formula is C22H29N5O3S. The van der Waals surface area contributed by atoms with Crippen LogP contribution in [0, 0.1) is 0 Å². The van der Waals surface area contributed by atoms with Gasteiger partial charge in [0.2, 0.25) is 0 Å². The quantitative estimate of drug-likeness (QED) is 0.542. The topological polar surface area (TPSA) is 119 Å². The molecule has 0 fully saturated rings. The minimum atomic E-state index is -0.601. The van der Waals surface area contributed by atoms with Crippen LogP contribution in [0.15, 0.2) is 53.0 Å². The molecule has 8 nitrogen and oxygen atoms in total. The highest BCUT2D eigenvalue weighted by molar-refractivity contribution is 7.11. The lowest BCUT2D eigenvalue weighted by Gasteiger charge is -2.22. The molecule has 0 aliphatic carbocycles. The number of nitrogens with two attached hydrogens (primary N) is 1. The van der Waals surface area contributed by atoms with Crippen molar-refractivity contribution in [3.05, 3.63) is 64.3 Å². The molecule has 0 aliphatic rings. The number of rotatable bonds is 8. The second-order valence-electron chi connectivity index (χ2n) is 7.75. The highest BCUT2D eigenvalue weighted by Gasteiger charge is 2.21. The Kier molecular flexibility index (Phi) is 8.75. The van der Waals surface area contributed by atoms with Crippen LogP contribution >= 0.6 is 11.3 Å². The highest BCUT2D eigenvalue weighted by atomic mass is 32.1. The standard InChI is InChI=1S/C22H29N5O3S/c1-22(2,3)30-21(29)25-13-16(12-15-8-6-5-7-9-15)26-19(28)20-27-18(14-31-20)17(24-4)10-11-23/h5-11,14,16H,12-13,23H2,1-4H3,(H,25,29)(H,26,28). The van der Waals surface area contributed by atoms with Crippen molar-refractivity contribution in [2.24, 2.45) is 10.7 Å². The van der Waals surface area contributed by atoms with Gasteiger partial charge in [-0.25, -0.2) is 9.78 Å². The molecule has 1 heterocycles. The van der Waals surface area contributed by atoms with Crippen molar-refractivity contribution in [2.45, 2.75) is 38.8 Å². The summed E-state index contributed by atoms with van der Waals surface area (Å²) in [5, 5.41) is 7.74. The zero-order chi connectivity index (χ0) is 22.9. The maximum absolute atomic E-state index is 12.8. The summed E-state index contributed by atoms with van der Waals surface area (Å²) in [7, 11) is 1.63. The van der Waals surface area contributed by atoms with Crippen LogP contribution in [0.1, 0.15) is 41.8 Å². The molecule has 9 heteroatoms. The van der Waals surface area contributed by atoms with E-state index >= 15 is 0 Å². The molecule has 2 amide bonds. The zero-order valence-electron chi connectivity index (χ0n) is 18.2. The first-order valence-electron chi connectivity index (χ1n) is 9.84. The van der Waals surface area contributed by atoms with E-state index in [0.29, 0.717) is 22.8 Å². The fourth-order valence-electron chi connectivity index (χ4n) is 2.70. The molecule has 2 rings (SSSR count). The summed E-state index contributed by atoms with van der Waals surface area (Å²) in [4.78, 5) is 33.3. The van der Waals surface area contributed by atoms with Crippen molar-refractivity contribution in [3.8, 4) is 0 Å². The molecule has 1 aromatic carbocycles. The van der Waals surface area contributed by atoms with Crippen molar-refractivity contribution in [2.75, 3.05) is 13.6 Å². The average molecular weight is 444 g/mol. The fourth-order valence-corrected chi connectivity index (χ4v) is 3.42. The monoisotopic (exact) mass is 443 g/mol. The van der Waals surface area contributed by atoms with E-state index in [1.807, 2.05) is 30.3 Å². The van der Waals surface area contributed by atoms with Gasteiger partial charge in [-0.05, 0) is 45.0 Å². The molecule has 1 unspecified atom stereocenters. The summed E-state index contributed by atoms with van der Waals surface area (Å²) < 4.78 is 5.29. The zero-order valence-corrected chi connectivity index (χ0v) is 19.0. The Balaban J connectivity index is 2.10. The van der Waals surface area contributed by atoms with Crippen LogP contribution in [-0.2, 0) is 11.2 Å². The number of hydrogen-bond donors (Lipinski definition) is 3. The Hall–Kier alpha value is -3.20. The normalized spacial score (nSPS) is 13.1. The molecule has 0 radical (unpaired) electrons. The number of alkyl carbamates (subject to hydrolysis) is 1. The molecule has 0 saturated carbocycles. The van der Waals surface area contributed by atoms with Gasteiger partial charge >= 0.3 is 6.09 Å². The molecular weight excluding hydrogens is 414 g/mol. The summed E-state index contributed by atoms with van der Waals surface area (Å²) in [5.41, 5.74) is 7.03. The van der Waals surface area contributed by atoms with Gasteiger partial charge < -0.3 is 21.1 Å². The number of amides is 2. The van der Waals surface area contributed by atoms with E-state index < -0.39 is 11.7 Å². The number of aromatic nitrogens is 1. The molecule has 4 N–H and O–H groups in total. The van der Waals surface area contributed by atoms with E-state index in [-0.39, 0.29) is 18.5 Å². The van der Waals surface area contributed by atoms with Crippen LogP contribution in [0.5, 0.6) is 0 Å². The van der Waals surface area contributed by atoms with Gasteiger partial charge in [0.05, 0.1) is 11.8 Å². The van der Waals surface area contributed by atoms with Crippen LogP contribution in [0.4, 0.5) is 4.79 Å². The number of carbonyl (C=O) groups is 2. The Morgan fingerprint density at radius 3 is 2.61 bits per heavy atom. The Morgan fingerprint density at radius 2 is 2.00 bits per heavy atom. The van der Waals surface area contributed by atoms with Gasteiger partial charge in [-0.1, -0.05) is 30.3 Å². The maximum Gasteiger partial charge on any atom is 0.407 e. The number of carbonyl (C=O) groups excluding carboxylic acids is 2. The predicted octanol–water partition coefficient (Wildman–Crippen LogP) is 2.90. The Morgan fingerprint density at radius 1 is 1.29 bits per heavy atom. The molecule has 31 heavy (non-hydrogen) atoms. The number of nitrogens with zero attached hydrogens (tertiary/aromatic N) is 2. The van der Waals surface area contributed by atoms with Gasteiger partial charge in [-0.15, -0.1) is 11.3 Å². The first-order valence-corrected chi connectivity index (χ1v) is 10.7. The van der Waals surface area contributed by atoms with Crippen LogP contribution in [0.2, 0.25) is 0 Å². The number of ether oxygens (including phenoxy) is 1. The molecule has 166 valence electrons. The number of nitrogens with one attached hydrogen (secondary N) is 2. The Labute approximate surface area is 186 Å². The molecule has 1 atom stereocenters. The molecule has 0 spiro atoms. The molecule has 0 bridgehead atoms. The first-order chi connectivity index (χ1) is 14.7. The van der Waals surface area contributed by atoms with E-state index in [2.05, 4.69) is 20.6 Å². The number of benzene rings is 1. The SMILES string of the molecule is CN=C(C=CN)c1csc(C(=O)NC(CNC(=O)OC(C)(C)C)Cc2ccccc2)n1. The third-order valence-electron chi connectivity index (χ3n) is 4.01. The summed E-state index contributed by atoms with van der Waals surface area (Å²) in [6.45, 7) is 5.60. The fraction of sp³-hybridized carbons (Fsp3) is 0.364. The van der Waals surface area contributed by atoms with Crippen LogP contribution < -0.4 is 16.4 Å².